The molecule has 0 spiro atoms. The number of pyridine rings is 1. The van der Waals surface area contributed by atoms with Gasteiger partial charge in [-0.05, 0) is 48.7 Å². The van der Waals surface area contributed by atoms with E-state index in [0.717, 1.165) is 17.7 Å². The van der Waals surface area contributed by atoms with Crippen molar-refractivity contribution < 1.29 is 13.9 Å². The molecule has 22 heavy (non-hydrogen) atoms. The Morgan fingerprint density at radius 3 is 3.09 bits per heavy atom. The summed E-state index contributed by atoms with van der Waals surface area (Å²) in [6.45, 7) is 3.07. The average Bonchev–Trinajstić information content (AvgIpc) is 2.95. The Morgan fingerprint density at radius 2 is 2.27 bits per heavy atom. The molecule has 0 unspecified atom stereocenters. The number of rotatable bonds is 4. The van der Waals surface area contributed by atoms with Crippen molar-refractivity contribution >= 4 is 11.6 Å². The summed E-state index contributed by atoms with van der Waals surface area (Å²) < 4.78 is 18.9. The monoisotopic (exact) mass is 300 g/mol. The van der Waals surface area contributed by atoms with Gasteiger partial charge in [-0.3, -0.25) is 4.79 Å². The molecule has 114 valence electrons. The lowest BCUT2D eigenvalue weighted by molar-refractivity contribution is 0.0980. The third-order valence-electron chi connectivity index (χ3n) is 3.62. The second-order valence-corrected chi connectivity index (χ2v) is 5.18. The highest BCUT2D eigenvalue weighted by atomic mass is 19.1. The van der Waals surface area contributed by atoms with E-state index in [0.29, 0.717) is 31.0 Å². The molecule has 4 nitrogen and oxygen atoms in total. The van der Waals surface area contributed by atoms with Gasteiger partial charge in [0, 0.05) is 18.4 Å². The Balaban J connectivity index is 1.90. The van der Waals surface area contributed by atoms with Gasteiger partial charge in [-0.1, -0.05) is 6.92 Å². The summed E-state index contributed by atoms with van der Waals surface area (Å²) in [6.07, 6.45) is 3.08. The maximum Gasteiger partial charge on any atom is 0.280 e. The molecule has 2 aromatic rings. The van der Waals surface area contributed by atoms with Crippen LogP contribution in [0.3, 0.4) is 0 Å². The first-order valence-electron chi connectivity index (χ1n) is 7.39. The molecule has 0 atom stereocenters. The highest BCUT2D eigenvalue weighted by molar-refractivity contribution is 6.07. The first kappa shape index (κ1) is 14.5. The Hall–Kier alpha value is -2.43. The number of carbonyl (C=O) groups excluding carboxylic acids is 1. The van der Waals surface area contributed by atoms with Crippen molar-refractivity contribution in [2.75, 3.05) is 18.1 Å². The summed E-state index contributed by atoms with van der Waals surface area (Å²) in [5.74, 6) is -0.000161. The fourth-order valence-corrected chi connectivity index (χ4v) is 2.59. The van der Waals surface area contributed by atoms with E-state index in [1.54, 1.807) is 29.3 Å². The summed E-state index contributed by atoms with van der Waals surface area (Å²) in [5.41, 5.74) is 1.90. The van der Waals surface area contributed by atoms with Gasteiger partial charge in [0.2, 0.25) is 0 Å². The van der Waals surface area contributed by atoms with Crippen molar-refractivity contribution in [3.63, 3.8) is 0 Å². The van der Waals surface area contributed by atoms with Crippen LogP contribution in [-0.2, 0) is 6.42 Å². The van der Waals surface area contributed by atoms with Crippen LogP contribution in [-0.4, -0.2) is 24.0 Å². The van der Waals surface area contributed by atoms with Crippen molar-refractivity contribution in [2.45, 2.75) is 19.8 Å². The summed E-state index contributed by atoms with van der Waals surface area (Å²) in [5, 5.41) is 0. The van der Waals surface area contributed by atoms with Crippen molar-refractivity contribution in [1.82, 2.24) is 4.98 Å². The summed E-state index contributed by atoms with van der Waals surface area (Å²) >= 11 is 0. The molecule has 0 radical (unpaired) electrons. The Bertz CT molecular complexity index is 703. The van der Waals surface area contributed by atoms with Crippen LogP contribution in [0, 0.1) is 5.82 Å². The average molecular weight is 300 g/mol. The van der Waals surface area contributed by atoms with E-state index in [1.165, 1.54) is 12.1 Å². The quantitative estimate of drug-likeness (QED) is 0.870. The maximum absolute atomic E-state index is 13.3. The van der Waals surface area contributed by atoms with Crippen LogP contribution in [0.15, 0.2) is 36.5 Å². The molecule has 1 aliphatic rings. The number of aromatic nitrogens is 1. The van der Waals surface area contributed by atoms with E-state index in [4.69, 9.17) is 4.74 Å². The van der Waals surface area contributed by atoms with E-state index < -0.39 is 0 Å². The van der Waals surface area contributed by atoms with Gasteiger partial charge in [-0.25, -0.2) is 9.37 Å². The first-order chi connectivity index (χ1) is 10.7. The zero-order valence-electron chi connectivity index (χ0n) is 12.4. The van der Waals surface area contributed by atoms with Crippen LogP contribution in [0.5, 0.6) is 5.75 Å². The van der Waals surface area contributed by atoms with Crippen LogP contribution in [0.2, 0.25) is 0 Å². The molecular formula is C17H17FN2O2. The largest absolute Gasteiger partial charge is 0.491 e. The van der Waals surface area contributed by atoms with Crippen molar-refractivity contribution in [3.05, 3.63) is 53.6 Å². The summed E-state index contributed by atoms with van der Waals surface area (Å²) in [6, 6.07) is 7.99. The molecular weight excluding hydrogens is 283 g/mol. The zero-order valence-corrected chi connectivity index (χ0v) is 12.4. The molecule has 0 saturated carbocycles. The molecule has 1 aromatic carbocycles. The Kier molecular flexibility index (Phi) is 4.04. The molecule has 1 amide bonds. The van der Waals surface area contributed by atoms with E-state index >= 15 is 0 Å². The van der Waals surface area contributed by atoms with Crippen LogP contribution in [0.25, 0.3) is 0 Å². The highest BCUT2D eigenvalue weighted by Crippen LogP contribution is 2.31. The number of amides is 1. The van der Waals surface area contributed by atoms with Crippen molar-refractivity contribution in [1.29, 1.82) is 0 Å². The molecule has 0 aliphatic carbocycles. The van der Waals surface area contributed by atoms with Gasteiger partial charge in [0.25, 0.3) is 5.91 Å². The van der Waals surface area contributed by atoms with Gasteiger partial charge in [0.1, 0.15) is 5.82 Å². The predicted octanol–water partition coefficient (Wildman–Crippen LogP) is 3.21. The second-order valence-electron chi connectivity index (χ2n) is 5.18. The number of halogens is 1. The van der Waals surface area contributed by atoms with Gasteiger partial charge in [-0.15, -0.1) is 0 Å². The van der Waals surface area contributed by atoms with Crippen LogP contribution < -0.4 is 9.64 Å². The lowest BCUT2D eigenvalue weighted by Crippen LogP contribution is -2.30. The smallest absolute Gasteiger partial charge is 0.280 e. The van der Waals surface area contributed by atoms with Crippen LogP contribution >= 0.6 is 0 Å². The normalized spacial score (nSPS) is 13.1. The minimum atomic E-state index is -0.280. The van der Waals surface area contributed by atoms with Gasteiger partial charge in [0.05, 0.1) is 6.61 Å². The van der Waals surface area contributed by atoms with Gasteiger partial charge >= 0.3 is 0 Å². The number of nitrogens with zero attached hydrogens (tertiary/aromatic N) is 2. The van der Waals surface area contributed by atoms with Crippen molar-refractivity contribution in [3.8, 4) is 5.75 Å². The third-order valence-corrected chi connectivity index (χ3v) is 3.62. The minimum absolute atomic E-state index is 0.211. The molecule has 0 N–H and O–H groups in total. The molecule has 2 heterocycles. The lowest BCUT2D eigenvalue weighted by atomic mass is 10.1. The van der Waals surface area contributed by atoms with Crippen LogP contribution in [0.4, 0.5) is 10.1 Å². The standard InChI is InChI=1S/C17H17FN2O2/c1-2-10-22-15-4-3-8-19-16(15)17(21)20-9-7-12-11-13(18)5-6-14(12)20/h3-6,8,11H,2,7,9-10H2,1H3. The number of hydrogen-bond donors (Lipinski definition) is 0. The maximum atomic E-state index is 13.3. The second kappa shape index (κ2) is 6.13. The summed E-state index contributed by atoms with van der Waals surface area (Å²) in [4.78, 5) is 18.6. The van der Waals surface area contributed by atoms with E-state index in [9.17, 15) is 9.18 Å². The van der Waals surface area contributed by atoms with Crippen molar-refractivity contribution in [2.24, 2.45) is 0 Å². The molecule has 0 saturated heterocycles. The number of carbonyl (C=O) groups is 1. The van der Waals surface area contributed by atoms with Gasteiger partial charge in [-0.2, -0.15) is 0 Å². The molecule has 1 aliphatic heterocycles. The van der Waals surface area contributed by atoms with Gasteiger partial charge < -0.3 is 9.64 Å². The fraction of sp³-hybridized carbons (Fsp3) is 0.294. The minimum Gasteiger partial charge on any atom is -0.491 e. The van der Waals surface area contributed by atoms with Gasteiger partial charge in [0.15, 0.2) is 11.4 Å². The molecule has 3 rings (SSSR count). The predicted molar refractivity (Wildman–Crippen MR) is 81.8 cm³/mol. The number of ether oxygens (including phenoxy) is 1. The zero-order chi connectivity index (χ0) is 15.5. The summed E-state index contributed by atoms with van der Waals surface area (Å²) in [7, 11) is 0. The SMILES string of the molecule is CCCOc1cccnc1C(=O)N1CCc2cc(F)ccc21. The van der Waals surface area contributed by atoms with E-state index in [1.807, 2.05) is 6.92 Å². The highest BCUT2D eigenvalue weighted by Gasteiger charge is 2.28. The van der Waals surface area contributed by atoms with Crippen LogP contribution in [0.1, 0.15) is 29.4 Å². The lowest BCUT2D eigenvalue weighted by Gasteiger charge is -2.18. The van der Waals surface area contributed by atoms with E-state index in [2.05, 4.69) is 4.98 Å². The topological polar surface area (TPSA) is 42.4 Å². The first-order valence-corrected chi connectivity index (χ1v) is 7.39. The number of hydrogen-bond acceptors (Lipinski definition) is 3. The number of fused-ring (bicyclic) bond motifs is 1. The molecule has 5 heteroatoms. The van der Waals surface area contributed by atoms with E-state index in [-0.39, 0.29) is 11.7 Å². The third kappa shape index (κ3) is 2.66. The fourth-order valence-electron chi connectivity index (χ4n) is 2.59. The molecule has 1 aromatic heterocycles. The Labute approximate surface area is 128 Å². The molecule has 0 bridgehead atoms. The Morgan fingerprint density at radius 1 is 1.41 bits per heavy atom. The number of anilines is 1. The number of benzene rings is 1. The molecule has 0 fully saturated rings.